The molecule has 0 aliphatic heterocycles. The van der Waals surface area contributed by atoms with Gasteiger partial charge in [-0.05, 0) is 31.0 Å². The summed E-state index contributed by atoms with van der Waals surface area (Å²) in [5.74, 6) is 0. The van der Waals surface area contributed by atoms with E-state index in [-0.39, 0.29) is 12.1 Å². The third kappa shape index (κ3) is 2.25. The molecule has 4 N–H and O–H groups in total. The molecule has 2 rings (SSSR count). The van der Waals surface area contributed by atoms with Crippen molar-refractivity contribution in [2.24, 2.45) is 0 Å². The number of anilines is 2. The molecule has 0 heterocycles. The summed E-state index contributed by atoms with van der Waals surface area (Å²) in [7, 11) is 0. The molecule has 0 saturated heterocycles. The van der Waals surface area contributed by atoms with Crippen molar-refractivity contribution in [1.82, 2.24) is 0 Å². The maximum Gasteiger partial charge on any atom is 0.0661 e. The van der Waals surface area contributed by atoms with Crippen LogP contribution >= 0.6 is 11.6 Å². The van der Waals surface area contributed by atoms with Crippen molar-refractivity contribution in [2.75, 3.05) is 17.7 Å². The van der Waals surface area contributed by atoms with Crippen molar-refractivity contribution in [2.45, 2.75) is 31.2 Å². The molecule has 0 aromatic heterocycles. The second kappa shape index (κ2) is 4.52. The van der Waals surface area contributed by atoms with Gasteiger partial charge in [0, 0.05) is 5.02 Å². The molecular weight excluding hydrogens is 224 g/mol. The summed E-state index contributed by atoms with van der Waals surface area (Å²) in [4.78, 5) is 0. The molecule has 0 atom stereocenters. The minimum Gasteiger partial charge on any atom is -0.397 e. The summed E-state index contributed by atoms with van der Waals surface area (Å²) in [5.41, 5.74) is 7.16. The lowest BCUT2D eigenvalue weighted by Crippen LogP contribution is -2.39. The van der Waals surface area contributed by atoms with Crippen molar-refractivity contribution in [3.05, 3.63) is 23.2 Å². The van der Waals surface area contributed by atoms with Gasteiger partial charge in [0.2, 0.25) is 0 Å². The molecule has 1 aliphatic carbocycles. The van der Waals surface area contributed by atoms with Crippen molar-refractivity contribution in [1.29, 1.82) is 0 Å². The van der Waals surface area contributed by atoms with Gasteiger partial charge in [0.25, 0.3) is 0 Å². The van der Waals surface area contributed by atoms with E-state index < -0.39 is 0 Å². The van der Waals surface area contributed by atoms with Gasteiger partial charge < -0.3 is 16.2 Å². The van der Waals surface area contributed by atoms with Crippen LogP contribution in [0.2, 0.25) is 5.02 Å². The number of halogens is 1. The van der Waals surface area contributed by atoms with Gasteiger partial charge in [0.15, 0.2) is 0 Å². The molecule has 1 aromatic carbocycles. The third-order valence-corrected chi connectivity index (χ3v) is 3.51. The van der Waals surface area contributed by atoms with Gasteiger partial charge in [0.05, 0.1) is 23.5 Å². The number of hydrogen-bond acceptors (Lipinski definition) is 3. The smallest absolute Gasteiger partial charge is 0.0661 e. The Bertz CT molecular complexity index is 375. The molecule has 1 saturated carbocycles. The highest BCUT2D eigenvalue weighted by atomic mass is 35.5. The first-order chi connectivity index (χ1) is 7.65. The first-order valence-electron chi connectivity index (χ1n) is 5.59. The van der Waals surface area contributed by atoms with Crippen molar-refractivity contribution >= 4 is 23.0 Å². The lowest BCUT2D eigenvalue weighted by Gasteiger charge is -2.30. The van der Waals surface area contributed by atoms with Crippen LogP contribution in [0.5, 0.6) is 0 Å². The van der Waals surface area contributed by atoms with Crippen LogP contribution < -0.4 is 11.1 Å². The highest BCUT2D eigenvalue weighted by Gasteiger charge is 2.33. The summed E-state index contributed by atoms with van der Waals surface area (Å²) in [6.45, 7) is 0.138. The minimum atomic E-state index is -0.210. The Hall–Kier alpha value is -0.930. The SMILES string of the molecule is Nc1ccc(Cl)cc1NC1(CO)CCCC1. The Balaban J connectivity index is 2.21. The van der Waals surface area contributed by atoms with E-state index in [4.69, 9.17) is 17.3 Å². The summed E-state index contributed by atoms with van der Waals surface area (Å²) in [6, 6.07) is 5.36. The number of rotatable bonds is 3. The van der Waals surface area contributed by atoms with Crippen molar-refractivity contribution in [3.8, 4) is 0 Å². The number of aliphatic hydroxyl groups excluding tert-OH is 1. The van der Waals surface area contributed by atoms with Crippen LogP contribution in [0.4, 0.5) is 11.4 Å². The zero-order valence-corrected chi connectivity index (χ0v) is 9.93. The quantitative estimate of drug-likeness (QED) is 0.712. The standard InChI is InChI=1S/C12H17ClN2O/c13-9-3-4-10(14)11(7-9)15-12(8-16)5-1-2-6-12/h3-4,7,15-16H,1-2,5-6,8,14H2. The molecule has 0 amide bonds. The van der Waals surface area contributed by atoms with Gasteiger partial charge in [-0.2, -0.15) is 0 Å². The molecule has 1 aromatic rings. The van der Waals surface area contributed by atoms with E-state index in [9.17, 15) is 5.11 Å². The van der Waals surface area contributed by atoms with E-state index in [0.717, 1.165) is 31.4 Å². The molecule has 88 valence electrons. The number of nitrogen functional groups attached to an aromatic ring is 1. The van der Waals surface area contributed by atoms with Crippen LogP contribution in [0.1, 0.15) is 25.7 Å². The largest absolute Gasteiger partial charge is 0.397 e. The number of aliphatic hydroxyl groups is 1. The lowest BCUT2D eigenvalue weighted by molar-refractivity contribution is 0.214. The van der Waals surface area contributed by atoms with Crippen LogP contribution in [-0.2, 0) is 0 Å². The molecule has 16 heavy (non-hydrogen) atoms. The van der Waals surface area contributed by atoms with Crippen LogP contribution in [0.15, 0.2) is 18.2 Å². The third-order valence-electron chi connectivity index (χ3n) is 3.28. The van der Waals surface area contributed by atoms with E-state index in [1.54, 1.807) is 12.1 Å². The predicted molar refractivity (Wildman–Crippen MR) is 67.8 cm³/mol. The molecule has 1 aliphatic rings. The molecule has 0 unspecified atom stereocenters. The monoisotopic (exact) mass is 240 g/mol. The average molecular weight is 241 g/mol. The average Bonchev–Trinajstić information content (AvgIpc) is 2.73. The molecule has 0 bridgehead atoms. The first-order valence-corrected chi connectivity index (χ1v) is 5.97. The number of hydrogen-bond donors (Lipinski definition) is 3. The normalized spacial score (nSPS) is 18.6. The number of nitrogens with one attached hydrogen (secondary N) is 1. The van der Waals surface area contributed by atoms with Gasteiger partial charge in [-0.15, -0.1) is 0 Å². The van der Waals surface area contributed by atoms with Gasteiger partial charge in [0.1, 0.15) is 0 Å². The zero-order chi connectivity index (χ0) is 11.6. The zero-order valence-electron chi connectivity index (χ0n) is 9.17. The summed E-state index contributed by atoms with van der Waals surface area (Å²) in [6.07, 6.45) is 4.26. The number of nitrogens with two attached hydrogens (primary N) is 1. The van der Waals surface area contributed by atoms with Crippen LogP contribution in [-0.4, -0.2) is 17.3 Å². The predicted octanol–water partition coefficient (Wildman–Crippen LogP) is 2.64. The van der Waals surface area contributed by atoms with E-state index >= 15 is 0 Å². The van der Waals surface area contributed by atoms with Gasteiger partial charge >= 0.3 is 0 Å². The summed E-state index contributed by atoms with van der Waals surface area (Å²) < 4.78 is 0. The van der Waals surface area contributed by atoms with Crippen LogP contribution in [0, 0.1) is 0 Å². The minimum absolute atomic E-state index is 0.138. The Morgan fingerprint density at radius 2 is 2.06 bits per heavy atom. The second-order valence-electron chi connectivity index (χ2n) is 4.50. The Morgan fingerprint density at radius 1 is 1.38 bits per heavy atom. The fraction of sp³-hybridized carbons (Fsp3) is 0.500. The van der Waals surface area contributed by atoms with Gasteiger partial charge in [-0.3, -0.25) is 0 Å². The first kappa shape index (κ1) is 11.6. The van der Waals surface area contributed by atoms with Gasteiger partial charge in [-0.25, -0.2) is 0 Å². The lowest BCUT2D eigenvalue weighted by atomic mass is 9.98. The van der Waals surface area contributed by atoms with Crippen LogP contribution in [0.3, 0.4) is 0 Å². The van der Waals surface area contributed by atoms with E-state index in [0.29, 0.717) is 10.7 Å². The summed E-state index contributed by atoms with van der Waals surface area (Å²) >= 11 is 5.93. The maximum atomic E-state index is 9.50. The second-order valence-corrected chi connectivity index (χ2v) is 4.94. The highest BCUT2D eigenvalue weighted by Crippen LogP contribution is 2.35. The Kier molecular flexibility index (Phi) is 3.26. The molecule has 4 heteroatoms. The number of benzene rings is 1. The molecule has 0 spiro atoms. The topological polar surface area (TPSA) is 58.3 Å². The molecule has 0 radical (unpaired) electrons. The molecule has 1 fully saturated rings. The van der Waals surface area contributed by atoms with Gasteiger partial charge in [-0.1, -0.05) is 24.4 Å². The van der Waals surface area contributed by atoms with E-state index in [2.05, 4.69) is 5.32 Å². The maximum absolute atomic E-state index is 9.50. The fourth-order valence-electron chi connectivity index (χ4n) is 2.30. The van der Waals surface area contributed by atoms with E-state index in [1.165, 1.54) is 0 Å². The van der Waals surface area contributed by atoms with E-state index in [1.807, 2.05) is 6.07 Å². The van der Waals surface area contributed by atoms with Crippen LogP contribution in [0.25, 0.3) is 0 Å². The fourth-order valence-corrected chi connectivity index (χ4v) is 2.47. The summed E-state index contributed by atoms with van der Waals surface area (Å²) in [5, 5.41) is 13.5. The highest BCUT2D eigenvalue weighted by molar-refractivity contribution is 6.31. The molecule has 3 nitrogen and oxygen atoms in total. The molecular formula is C12H17ClN2O. The van der Waals surface area contributed by atoms with Crippen molar-refractivity contribution < 1.29 is 5.11 Å². The Labute approximate surface area is 101 Å². The van der Waals surface area contributed by atoms with Crippen molar-refractivity contribution in [3.63, 3.8) is 0 Å². The Morgan fingerprint density at radius 3 is 2.69 bits per heavy atom.